The number of carboxylic acid groups (broad SMARTS) is 1. The van der Waals surface area contributed by atoms with Crippen molar-refractivity contribution >= 4 is 40.8 Å². The average molecular weight is 454 g/mol. The van der Waals surface area contributed by atoms with Gasteiger partial charge in [0.25, 0.3) is 5.91 Å². The molecule has 0 aliphatic rings. The molecule has 0 aromatic heterocycles. The number of carboxylic acids is 1. The summed E-state index contributed by atoms with van der Waals surface area (Å²) in [6, 6.07) is 12.0. The SMILES string of the molecule is CCOC(Cc1ccc(OC(C)C(=O)N(CC)c2c(Cl)cccc2Cl)cc1)C(=O)O. The van der Waals surface area contributed by atoms with Gasteiger partial charge in [0.1, 0.15) is 5.75 Å². The van der Waals surface area contributed by atoms with Crippen molar-refractivity contribution in [2.75, 3.05) is 18.1 Å². The fourth-order valence-corrected chi connectivity index (χ4v) is 3.58. The van der Waals surface area contributed by atoms with Crippen LogP contribution in [0, 0.1) is 0 Å². The van der Waals surface area contributed by atoms with E-state index in [0.717, 1.165) is 5.56 Å². The fourth-order valence-electron chi connectivity index (χ4n) is 2.98. The minimum absolute atomic E-state index is 0.243. The highest BCUT2D eigenvalue weighted by Crippen LogP contribution is 2.34. The molecule has 1 amide bonds. The third-order valence-corrected chi connectivity index (χ3v) is 5.05. The molecule has 0 radical (unpaired) electrons. The Labute approximate surface area is 186 Å². The van der Waals surface area contributed by atoms with E-state index in [1.165, 1.54) is 4.90 Å². The zero-order valence-corrected chi connectivity index (χ0v) is 18.6. The molecule has 2 aromatic carbocycles. The van der Waals surface area contributed by atoms with Crippen molar-refractivity contribution in [3.8, 4) is 5.75 Å². The van der Waals surface area contributed by atoms with Crippen LogP contribution in [0.25, 0.3) is 0 Å². The molecule has 0 aliphatic heterocycles. The summed E-state index contributed by atoms with van der Waals surface area (Å²) in [4.78, 5) is 25.7. The minimum Gasteiger partial charge on any atom is -0.481 e. The molecular weight excluding hydrogens is 429 g/mol. The lowest BCUT2D eigenvalue weighted by atomic mass is 10.1. The number of amides is 1. The molecule has 0 aliphatic carbocycles. The second-order valence-electron chi connectivity index (χ2n) is 6.54. The van der Waals surface area contributed by atoms with E-state index in [0.29, 0.717) is 34.6 Å². The Morgan fingerprint density at radius 3 is 2.17 bits per heavy atom. The van der Waals surface area contributed by atoms with Crippen molar-refractivity contribution in [1.29, 1.82) is 0 Å². The molecule has 0 heterocycles. The second kappa shape index (κ2) is 11.2. The predicted molar refractivity (Wildman–Crippen MR) is 118 cm³/mol. The average Bonchev–Trinajstić information content (AvgIpc) is 2.71. The Morgan fingerprint density at radius 1 is 1.07 bits per heavy atom. The van der Waals surface area contributed by atoms with Gasteiger partial charge < -0.3 is 19.5 Å². The van der Waals surface area contributed by atoms with E-state index in [1.807, 2.05) is 6.92 Å². The van der Waals surface area contributed by atoms with Crippen LogP contribution in [-0.2, 0) is 20.7 Å². The first-order valence-corrected chi connectivity index (χ1v) is 10.4. The first-order valence-electron chi connectivity index (χ1n) is 9.63. The van der Waals surface area contributed by atoms with Gasteiger partial charge in [0.15, 0.2) is 12.2 Å². The van der Waals surface area contributed by atoms with Gasteiger partial charge in [0.2, 0.25) is 0 Å². The Bertz CT molecular complexity index is 852. The van der Waals surface area contributed by atoms with E-state index in [4.69, 9.17) is 32.7 Å². The molecule has 6 nitrogen and oxygen atoms in total. The summed E-state index contributed by atoms with van der Waals surface area (Å²) in [5, 5.41) is 9.97. The number of para-hydroxylation sites is 1. The maximum Gasteiger partial charge on any atom is 0.333 e. The summed E-state index contributed by atoms with van der Waals surface area (Å²) in [6.07, 6.45) is -1.44. The molecule has 8 heteroatoms. The van der Waals surface area contributed by atoms with Gasteiger partial charge in [-0.25, -0.2) is 4.79 Å². The van der Waals surface area contributed by atoms with Crippen molar-refractivity contribution < 1.29 is 24.2 Å². The number of ether oxygens (including phenoxy) is 2. The third-order valence-electron chi connectivity index (χ3n) is 4.44. The number of carbonyl (C=O) groups is 2. The maximum absolute atomic E-state index is 12.9. The molecule has 0 saturated heterocycles. The number of aliphatic carboxylic acids is 1. The Balaban J connectivity index is 2.08. The zero-order chi connectivity index (χ0) is 22.3. The summed E-state index contributed by atoms with van der Waals surface area (Å²) in [7, 11) is 0. The zero-order valence-electron chi connectivity index (χ0n) is 17.1. The van der Waals surface area contributed by atoms with Gasteiger partial charge in [0.05, 0.1) is 15.7 Å². The summed E-state index contributed by atoms with van der Waals surface area (Å²) in [5.41, 5.74) is 1.25. The number of carbonyl (C=O) groups excluding carboxylic acids is 1. The molecule has 2 aromatic rings. The molecule has 0 saturated carbocycles. The number of hydrogen-bond donors (Lipinski definition) is 1. The highest BCUT2D eigenvalue weighted by molar-refractivity contribution is 6.40. The normalized spacial score (nSPS) is 12.8. The number of anilines is 1. The largest absolute Gasteiger partial charge is 0.481 e. The third kappa shape index (κ3) is 6.11. The van der Waals surface area contributed by atoms with Crippen LogP contribution >= 0.6 is 23.2 Å². The smallest absolute Gasteiger partial charge is 0.333 e. The molecule has 162 valence electrons. The highest BCUT2D eigenvalue weighted by atomic mass is 35.5. The lowest BCUT2D eigenvalue weighted by Crippen LogP contribution is -2.40. The van der Waals surface area contributed by atoms with Crippen molar-refractivity contribution in [2.45, 2.75) is 39.4 Å². The van der Waals surface area contributed by atoms with Crippen LogP contribution < -0.4 is 9.64 Å². The molecule has 2 rings (SSSR count). The number of benzene rings is 2. The van der Waals surface area contributed by atoms with Crippen LogP contribution in [0.15, 0.2) is 42.5 Å². The lowest BCUT2D eigenvalue weighted by molar-refractivity contribution is -0.149. The molecular formula is C22H25Cl2NO5. The quantitative estimate of drug-likeness (QED) is 0.556. The van der Waals surface area contributed by atoms with Gasteiger partial charge >= 0.3 is 5.97 Å². The summed E-state index contributed by atoms with van der Waals surface area (Å²) in [6.45, 7) is 5.93. The Morgan fingerprint density at radius 2 is 1.67 bits per heavy atom. The first-order chi connectivity index (χ1) is 14.3. The molecule has 2 unspecified atom stereocenters. The van der Waals surface area contributed by atoms with Gasteiger partial charge in [-0.15, -0.1) is 0 Å². The summed E-state index contributed by atoms with van der Waals surface area (Å²) in [5.74, 6) is -0.794. The Kier molecular flexibility index (Phi) is 8.96. The van der Waals surface area contributed by atoms with Crippen molar-refractivity contribution in [1.82, 2.24) is 0 Å². The number of nitrogens with zero attached hydrogens (tertiary/aromatic N) is 1. The van der Waals surface area contributed by atoms with E-state index in [2.05, 4.69) is 0 Å². The van der Waals surface area contributed by atoms with Crippen LogP contribution in [0.4, 0.5) is 5.69 Å². The van der Waals surface area contributed by atoms with Gasteiger partial charge in [-0.2, -0.15) is 0 Å². The van der Waals surface area contributed by atoms with Gasteiger partial charge in [0, 0.05) is 19.6 Å². The topological polar surface area (TPSA) is 76.1 Å². The standard InChI is InChI=1S/C22H25Cl2NO5/c1-4-25(20-17(23)7-6-8-18(20)24)21(26)14(3)30-16-11-9-15(10-12-16)13-19(22(27)28)29-5-2/h6-12,14,19H,4-5,13H2,1-3H3,(H,27,28). The van der Waals surface area contributed by atoms with E-state index in [9.17, 15) is 14.7 Å². The molecule has 0 spiro atoms. The molecule has 0 fully saturated rings. The highest BCUT2D eigenvalue weighted by Gasteiger charge is 2.26. The van der Waals surface area contributed by atoms with E-state index < -0.39 is 18.2 Å². The van der Waals surface area contributed by atoms with E-state index in [-0.39, 0.29) is 12.3 Å². The molecule has 1 N–H and O–H groups in total. The van der Waals surface area contributed by atoms with Crippen LogP contribution in [-0.4, -0.2) is 42.3 Å². The van der Waals surface area contributed by atoms with Crippen molar-refractivity contribution in [2.24, 2.45) is 0 Å². The summed E-state index contributed by atoms with van der Waals surface area (Å²) >= 11 is 12.5. The number of rotatable bonds is 10. The van der Waals surface area contributed by atoms with Crippen LogP contribution in [0.3, 0.4) is 0 Å². The lowest BCUT2D eigenvalue weighted by Gasteiger charge is -2.26. The molecule has 2 atom stereocenters. The minimum atomic E-state index is -1.01. The van der Waals surface area contributed by atoms with Crippen molar-refractivity contribution in [3.05, 3.63) is 58.1 Å². The van der Waals surface area contributed by atoms with E-state index >= 15 is 0 Å². The Hall–Kier alpha value is -2.28. The van der Waals surface area contributed by atoms with Gasteiger partial charge in [-0.3, -0.25) is 4.79 Å². The monoisotopic (exact) mass is 453 g/mol. The first kappa shape index (κ1) is 24.0. The van der Waals surface area contributed by atoms with Crippen LogP contribution in [0.1, 0.15) is 26.3 Å². The second-order valence-corrected chi connectivity index (χ2v) is 7.36. The number of likely N-dealkylation sites (N-methyl/N-ethyl adjacent to an activating group) is 1. The van der Waals surface area contributed by atoms with Gasteiger partial charge in [-0.1, -0.05) is 41.4 Å². The maximum atomic E-state index is 12.9. The van der Waals surface area contributed by atoms with E-state index in [1.54, 1.807) is 56.3 Å². The van der Waals surface area contributed by atoms with Gasteiger partial charge in [-0.05, 0) is 50.6 Å². The number of halogens is 2. The number of hydrogen-bond acceptors (Lipinski definition) is 4. The van der Waals surface area contributed by atoms with Crippen LogP contribution in [0.2, 0.25) is 10.0 Å². The molecule has 30 heavy (non-hydrogen) atoms. The van der Waals surface area contributed by atoms with Crippen molar-refractivity contribution in [3.63, 3.8) is 0 Å². The predicted octanol–water partition coefficient (Wildman–Crippen LogP) is 4.85. The van der Waals surface area contributed by atoms with Crippen LogP contribution in [0.5, 0.6) is 5.75 Å². The fraction of sp³-hybridized carbons (Fsp3) is 0.364. The summed E-state index contributed by atoms with van der Waals surface area (Å²) < 4.78 is 11.0. The molecule has 0 bridgehead atoms.